The molecule has 0 radical (unpaired) electrons. The van der Waals surface area contributed by atoms with Gasteiger partial charge in [-0.1, -0.05) is 17.9 Å². The summed E-state index contributed by atoms with van der Waals surface area (Å²) >= 11 is 0. The van der Waals surface area contributed by atoms with Crippen molar-refractivity contribution in [3.63, 3.8) is 0 Å². The van der Waals surface area contributed by atoms with Crippen molar-refractivity contribution in [1.29, 1.82) is 0 Å². The summed E-state index contributed by atoms with van der Waals surface area (Å²) in [4.78, 5) is 7.84. The molecule has 0 spiro atoms. The third-order valence-electron chi connectivity index (χ3n) is 4.72. The molecule has 1 aliphatic heterocycles. The number of ether oxygens (including phenoxy) is 1. The summed E-state index contributed by atoms with van der Waals surface area (Å²) in [6, 6.07) is 2.23. The molecule has 0 amide bonds. The maximum Gasteiger partial charge on any atom is 0.137 e. The summed E-state index contributed by atoms with van der Waals surface area (Å²) < 4.78 is 5.88. The van der Waals surface area contributed by atoms with E-state index in [1.54, 1.807) is 0 Å². The Morgan fingerprint density at radius 1 is 1.33 bits per heavy atom. The van der Waals surface area contributed by atoms with Gasteiger partial charge in [0.05, 0.1) is 17.4 Å². The van der Waals surface area contributed by atoms with E-state index in [2.05, 4.69) is 21.1 Å². The normalized spacial score (nSPS) is 20.3. The van der Waals surface area contributed by atoms with Gasteiger partial charge in [0, 0.05) is 36.0 Å². The van der Waals surface area contributed by atoms with Crippen molar-refractivity contribution >= 4 is 22.8 Å². The number of nitrogens with two attached hydrogens (primary N) is 1. The maximum atomic E-state index is 5.88. The van der Waals surface area contributed by atoms with Gasteiger partial charge in [-0.05, 0) is 18.9 Å². The molecule has 2 aliphatic rings. The van der Waals surface area contributed by atoms with Gasteiger partial charge >= 0.3 is 0 Å². The number of fused-ring (bicyclic) bond motifs is 1. The molecule has 5 nitrogen and oxygen atoms in total. The number of pyridine rings is 1. The van der Waals surface area contributed by atoms with E-state index in [9.17, 15) is 0 Å². The van der Waals surface area contributed by atoms with Crippen LogP contribution in [0.1, 0.15) is 36.8 Å². The Bertz CT molecular complexity index is 738. The molecule has 21 heavy (non-hydrogen) atoms. The lowest BCUT2D eigenvalue weighted by molar-refractivity contribution is -0.589. The molecule has 1 aliphatic carbocycles. The topological polar surface area (TPSA) is 66.9 Å². The second kappa shape index (κ2) is 4.79. The van der Waals surface area contributed by atoms with Crippen LogP contribution < -0.4 is 5.43 Å². The number of hydrogen-bond acceptors (Lipinski definition) is 3. The van der Waals surface area contributed by atoms with Crippen molar-refractivity contribution in [2.24, 2.45) is 5.10 Å². The fraction of sp³-hybridized carbons (Fsp3) is 0.375. The quantitative estimate of drug-likeness (QED) is 0.845. The first-order valence-electron chi connectivity index (χ1n) is 7.42. The summed E-state index contributed by atoms with van der Waals surface area (Å²) in [6.07, 6.45) is 12.5. The van der Waals surface area contributed by atoms with E-state index < -0.39 is 0 Å². The molecule has 0 bridgehead atoms. The smallest absolute Gasteiger partial charge is 0.137 e. The summed E-state index contributed by atoms with van der Waals surface area (Å²) in [5.41, 5.74) is 6.05. The average Bonchev–Trinajstić information content (AvgIpc) is 3.26. The van der Waals surface area contributed by atoms with Crippen LogP contribution in [0.5, 0.6) is 0 Å². The molecule has 0 aromatic carbocycles. The van der Waals surface area contributed by atoms with Gasteiger partial charge in [-0.3, -0.25) is 0 Å². The molecule has 0 unspecified atom stereocenters. The Hall–Kier alpha value is -1.98. The summed E-state index contributed by atoms with van der Waals surface area (Å²) in [5, 5.41) is 5.30. The lowest BCUT2D eigenvalue weighted by Gasteiger charge is -2.27. The van der Waals surface area contributed by atoms with Crippen LogP contribution in [0.25, 0.3) is 16.6 Å². The third kappa shape index (κ3) is 1.92. The van der Waals surface area contributed by atoms with Crippen LogP contribution in [0.4, 0.5) is 0 Å². The van der Waals surface area contributed by atoms with Gasteiger partial charge in [0.25, 0.3) is 0 Å². The van der Waals surface area contributed by atoms with E-state index in [0.717, 1.165) is 35.0 Å². The molecule has 108 valence electrons. The first-order valence-corrected chi connectivity index (χ1v) is 7.42. The number of hydrogen-bond donors (Lipinski definition) is 2. The number of nitrogens with one attached hydrogen (secondary N) is 1. The fourth-order valence-electron chi connectivity index (χ4n) is 3.50. The second-order valence-corrected chi connectivity index (χ2v) is 5.78. The molecule has 4 rings (SSSR count). The van der Waals surface area contributed by atoms with Gasteiger partial charge in [0.2, 0.25) is 0 Å². The summed E-state index contributed by atoms with van der Waals surface area (Å²) in [5.74, 6) is 0. The van der Waals surface area contributed by atoms with Crippen LogP contribution in [0, 0.1) is 0 Å². The predicted molar refractivity (Wildman–Crippen MR) is 81.6 cm³/mol. The van der Waals surface area contributed by atoms with Crippen molar-refractivity contribution in [2.75, 3.05) is 7.11 Å². The maximum absolute atomic E-state index is 5.88. The Labute approximate surface area is 123 Å². The molecule has 2 aromatic heterocycles. The Morgan fingerprint density at radius 2 is 2.19 bits per heavy atom. The zero-order chi connectivity index (χ0) is 14.3. The molecule has 3 heterocycles. The molecule has 5 heteroatoms. The highest BCUT2D eigenvalue weighted by atomic mass is 16.5. The number of quaternary nitrogens is 1. The van der Waals surface area contributed by atoms with Crippen molar-refractivity contribution in [3.05, 3.63) is 35.8 Å². The van der Waals surface area contributed by atoms with Crippen molar-refractivity contribution in [1.82, 2.24) is 9.97 Å². The minimum atomic E-state index is -0.153. The van der Waals surface area contributed by atoms with Gasteiger partial charge in [-0.25, -0.2) is 4.98 Å². The number of allylic oxidation sites excluding steroid dienone is 1. The fourth-order valence-corrected chi connectivity index (χ4v) is 3.50. The summed E-state index contributed by atoms with van der Waals surface area (Å²) in [7, 11) is 1.81. The minimum absolute atomic E-state index is 0.153. The molecular weight excluding hydrogens is 264 g/mol. The van der Waals surface area contributed by atoms with E-state index in [1.165, 1.54) is 18.4 Å². The number of rotatable bonds is 3. The predicted octanol–water partition coefficient (Wildman–Crippen LogP) is 1.88. The highest BCUT2D eigenvalue weighted by Crippen LogP contribution is 2.42. The Balaban J connectivity index is 1.85. The zero-order valence-corrected chi connectivity index (χ0v) is 12.1. The van der Waals surface area contributed by atoms with E-state index in [1.807, 2.05) is 37.3 Å². The molecule has 1 saturated carbocycles. The molecule has 0 atom stereocenters. The molecule has 1 fully saturated rings. The Morgan fingerprint density at radius 3 is 2.90 bits per heavy atom. The van der Waals surface area contributed by atoms with E-state index in [4.69, 9.17) is 4.74 Å². The summed E-state index contributed by atoms with van der Waals surface area (Å²) in [6.45, 7) is 0. The van der Waals surface area contributed by atoms with Crippen LogP contribution in [0.3, 0.4) is 0 Å². The molecule has 0 saturated heterocycles. The van der Waals surface area contributed by atoms with E-state index >= 15 is 0 Å². The Kier molecular flexibility index (Phi) is 2.90. The standard InChI is InChI=1S/C16H18N4O/c1-21-16(4-2-3-5-16)12-6-13-14(11-7-19-20-8-11)10-18-15(13)17-9-12/h6-10H,2-5H2,1H3,(H,17,18)(H,19,20)/p+1. The van der Waals surface area contributed by atoms with Crippen LogP contribution >= 0.6 is 0 Å². The van der Waals surface area contributed by atoms with Gasteiger partial charge in [-0.2, -0.15) is 5.43 Å². The van der Waals surface area contributed by atoms with Crippen LogP contribution in [0.2, 0.25) is 0 Å². The highest BCUT2D eigenvalue weighted by Gasteiger charge is 2.36. The highest BCUT2D eigenvalue weighted by molar-refractivity contribution is 6.14. The van der Waals surface area contributed by atoms with E-state index in [-0.39, 0.29) is 5.60 Å². The van der Waals surface area contributed by atoms with E-state index in [0.29, 0.717) is 0 Å². The first kappa shape index (κ1) is 12.7. The lowest BCUT2D eigenvalue weighted by atomic mass is 9.92. The SMILES string of the molecule is COC1(c2cnc3[nH]cc(C4=C[NH2+]N=C4)c3c2)CCCC1. The van der Waals surface area contributed by atoms with Crippen molar-refractivity contribution < 1.29 is 10.2 Å². The minimum Gasteiger partial charge on any atom is -0.373 e. The average molecular weight is 283 g/mol. The van der Waals surface area contributed by atoms with Crippen LogP contribution in [-0.4, -0.2) is 23.3 Å². The third-order valence-corrected chi connectivity index (χ3v) is 4.72. The van der Waals surface area contributed by atoms with Gasteiger partial charge in [-0.15, -0.1) is 0 Å². The van der Waals surface area contributed by atoms with Gasteiger partial charge < -0.3 is 9.72 Å². The van der Waals surface area contributed by atoms with Crippen LogP contribution in [-0.2, 0) is 10.3 Å². The zero-order valence-electron chi connectivity index (χ0n) is 12.1. The first-order chi connectivity index (χ1) is 10.3. The van der Waals surface area contributed by atoms with Gasteiger partial charge in [0.1, 0.15) is 11.8 Å². The van der Waals surface area contributed by atoms with Crippen molar-refractivity contribution in [2.45, 2.75) is 31.3 Å². The lowest BCUT2D eigenvalue weighted by Crippen LogP contribution is -2.69. The monoisotopic (exact) mass is 283 g/mol. The number of H-pyrrole nitrogens is 1. The van der Waals surface area contributed by atoms with Gasteiger partial charge in [0.15, 0.2) is 0 Å². The van der Waals surface area contributed by atoms with Crippen molar-refractivity contribution in [3.8, 4) is 0 Å². The van der Waals surface area contributed by atoms with Crippen LogP contribution in [0.15, 0.2) is 29.8 Å². The number of nitrogens with zero attached hydrogens (tertiary/aromatic N) is 2. The largest absolute Gasteiger partial charge is 0.373 e. The molecular formula is C16H19N4O+. The molecule has 2 aromatic rings. The second-order valence-electron chi connectivity index (χ2n) is 5.78. The molecule has 3 N–H and O–H groups in total. The number of methoxy groups -OCH3 is 1. The number of aromatic amines is 1. The number of aromatic nitrogens is 2.